The Morgan fingerprint density at radius 1 is 1.24 bits per heavy atom. The van der Waals surface area contributed by atoms with Crippen LogP contribution in [0.15, 0.2) is 0 Å². The lowest BCUT2D eigenvalue weighted by molar-refractivity contribution is 0.145. The van der Waals surface area contributed by atoms with Gasteiger partial charge in [-0.05, 0) is 55.7 Å². The van der Waals surface area contributed by atoms with Crippen molar-refractivity contribution in [3.63, 3.8) is 0 Å². The standard InChI is InChI=1S/C15H31NS/c1-5-15(6-2,12-17)11-16(14-7-8-14)10-9-13(3)4/h13-14,17H,5-12H2,1-4H3. The van der Waals surface area contributed by atoms with E-state index in [0.29, 0.717) is 5.41 Å². The van der Waals surface area contributed by atoms with E-state index in [9.17, 15) is 0 Å². The fourth-order valence-corrected chi connectivity index (χ4v) is 2.98. The molecule has 1 aliphatic rings. The zero-order valence-electron chi connectivity index (χ0n) is 12.2. The summed E-state index contributed by atoms with van der Waals surface area (Å²) in [7, 11) is 0. The van der Waals surface area contributed by atoms with E-state index in [1.54, 1.807) is 0 Å². The van der Waals surface area contributed by atoms with Crippen LogP contribution in [-0.2, 0) is 0 Å². The fraction of sp³-hybridized carbons (Fsp3) is 1.00. The van der Waals surface area contributed by atoms with Crippen molar-refractivity contribution in [2.75, 3.05) is 18.8 Å². The van der Waals surface area contributed by atoms with Crippen LogP contribution in [0.4, 0.5) is 0 Å². The highest BCUT2D eigenvalue weighted by molar-refractivity contribution is 7.80. The van der Waals surface area contributed by atoms with Gasteiger partial charge in [-0.25, -0.2) is 0 Å². The fourth-order valence-electron chi connectivity index (χ4n) is 2.43. The van der Waals surface area contributed by atoms with Crippen LogP contribution < -0.4 is 0 Å². The van der Waals surface area contributed by atoms with Crippen molar-refractivity contribution in [3.05, 3.63) is 0 Å². The second-order valence-electron chi connectivity index (χ2n) is 6.25. The minimum Gasteiger partial charge on any atom is -0.300 e. The van der Waals surface area contributed by atoms with Crippen molar-refractivity contribution in [3.8, 4) is 0 Å². The van der Waals surface area contributed by atoms with Crippen molar-refractivity contribution >= 4 is 12.6 Å². The largest absolute Gasteiger partial charge is 0.300 e. The normalized spacial score (nSPS) is 17.1. The first kappa shape index (κ1) is 15.4. The van der Waals surface area contributed by atoms with Gasteiger partial charge in [0.15, 0.2) is 0 Å². The first-order valence-corrected chi connectivity index (χ1v) is 8.05. The average Bonchev–Trinajstić information content (AvgIpc) is 3.14. The Balaban J connectivity index is 2.52. The van der Waals surface area contributed by atoms with E-state index in [1.165, 1.54) is 45.2 Å². The van der Waals surface area contributed by atoms with Crippen LogP contribution in [-0.4, -0.2) is 29.8 Å². The Kier molecular flexibility index (Phi) is 6.36. The summed E-state index contributed by atoms with van der Waals surface area (Å²) < 4.78 is 0. The molecule has 0 aromatic carbocycles. The summed E-state index contributed by atoms with van der Waals surface area (Å²) in [4.78, 5) is 2.75. The Morgan fingerprint density at radius 2 is 1.82 bits per heavy atom. The average molecular weight is 257 g/mol. The molecule has 1 rings (SSSR count). The van der Waals surface area contributed by atoms with E-state index < -0.39 is 0 Å². The van der Waals surface area contributed by atoms with Crippen molar-refractivity contribution in [1.82, 2.24) is 4.90 Å². The third kappa shape index (κ3) is 4.82. The Bertz CT molecular complexity index is 199. The molecule has 1 fully saturated rings. The van der Waals surface area contributed by atoms with Crippen LogP contribution in [0.25, 0.3) is 0 Å². The number of thiol groups is 1. The number of hydrogen-bond acceptors (Lipinski definition) is 2. The lowest BCUT2D eigenvalue weighted by atomic mass is 9.83. The molecule has 0 unspecified atom stereocenters. The van der Waals surface area contributed by atoms with Crippen molar-refractivity contribution in [2.45, 2.75) is 65.8 Å². The molecule has 0 bridgehead atoms. The highest BCUT2D eigenvalue weighted by Crippen LogP contribution is 2.35. The van der Waals surface area contributed by atoms with Crippen molar-refractivity contribution < 1.29 is 0 Å². The SMILES string of the molecule is CCC(CC)(CS)CN(CCC(C)C)C1CC1. The zero-order chi connectivity index (χ0) is 12.9. The van der Waals surface area contributed by atoms with E-state index in [4.69, 9.17) is 0 Å². The highest BCUT2D eigenvalue weighted by Gasteiger charge is 2.34. The van der Waals surface area contributed by atoms with Gasteiger partial charge in [-0.1, -0.05) is 27.7 Å². The molecule has 17 heavy (non-hydrogen) atoms. The van der Waals surface area contributed by atoms with Crippen LogP contribution in [0, 0.1) is 11.3 Å². The molecule has 0 heterocycles. The molecule has 0 amide bonds. The number of hydrogen-bond donors (Lipinski definition) is 1. The van der Waals surface area contributed by atoms with Gasteiger partial charge < -0.3 is 0 Å². The molecule has 0 atom stereocenters. The quantitative estimate of drug-likeness (QED) is 0.605. The predicted octanol–water partition coefficient (Wildman–Crippen LogP) is 4.23. The van der Waals surface area contributed by atoms with E-state index in [-0.39, 0.29) is 0 Å². The molecule has 0 aromatic rings. The van der Waals surface area contributed by atoms with E-state index in [1.807, 2.05) is 0 Å². The van der Waals surface area contributed by atoms with Gasteiger partial charge in [0, 0.05) is 12.6 Å². The highest BCUT2D eigenvalue weighted by atomic mass is 32.1. The summed E-state index contributed by atoms with van der Waals surface area (Å²) >= 11 is 4.61. The van der Waals surface area contributed by atoms with Gasteiger partial charge >= 0.3 is 0 Å². The number of nitrogens with zero attached hydrogens (tertiary/aromatic N) is 1. The van der Waals surface area contributed by atoms with Gasteiger partial charge in [0.2, 0.25) is 0 Å². The molecular weight excluding hydrogens is 226 g/mol. The van der Waals surface area contributed by atoms with Gasteiger partial charge in [0.1, 0.15) is 0 Å². The summed E-state index contributed by atoms with van der Waals surface area (Å²) in [5, 5.41) is 0. The molecule has 1 saturated carbocycles. The Hall–Kier alpha value is 0.310. The van der Waals surface area contributed by atoms with Crippen molar-refractivity contribution in [1.29, 1.82) is 0 Å². The molecule has 0 spiro atoms. The van der Waals surface area contributed by atoms with E-state index in [0.717, 1.165) is 17.7 Å². The van der Waals surface area contributed by atoms with Gasteiger partial charge in [-0.2, -0.15) is 12.6 Å². The first-order valence-electron chi connectivity index (χ1n) is 7.41. The maximum atomic E-state index is 4.61. The number of rotatable bonds is 9. The van der Waals surface area contributed by atoms with Crippen LogP contribution >= 0.6 is 12.6 Å². The molecule has 0 N–H and O–H groups in total. The van der Waals surface area contributed by atoms with Gasteiger partial charge in [0.25, 0.3) is 0 Å². The first-order chi connectivity index (χ1) is 8.06. The molecule has 1 nitrogen and oxygen atoms in total. The van der Waals surface area contributed by atoms with Crippen LogP contribution in [0.1, 0.15) is 59.8 Å². The van der Waals surface area contributed by atoms with Crippen molar-refractivity contribution in [2.24, 2.45) is 11.3 Å². The minimum absolute atomic E-state index is 0.447. The molecular formula is C15H31NS. The van der Waals surface area contributed by atoms with E-state index >= 15 is 0 Å². The van der Waals surface area contributed by atoms with Gasteiger partial charge in [-0.3, -0.25) is 4.90 Å². The summed E-state index contributed by atoms with van der Waals surface area (Å²) in [5.41, 5.74) is 0.447. The zero-order valence-corrected chi connectivity index (χ0v) is 13.1. The molecule has 0 aromatic heterocycles. The Labute approximate surface area is 114 Å². The molecule has 1 aliphatic carbocycles. The lowest BCUT2D eigenvalue weighted by Gasteiger charge is -2.36. The molecule has 0 radical (unpaired) electrons. The molecule has 102 valence electrons. The molecule has 0 aliphatic heterocycles. The van der Waals surface area contributed by atoms with Crippen LogP contribution in [0.2, 0.25) is 0 Å². The molecule has 0 saturated heterocycles. The topological polar surface area (TPSA) is 3.24 Å². The lowest BCUT2D eigenvalue weighted by Crippen LogP contribution is -2.40. The monoisotopic (exact) mass is 257 g/mol. The van der Waals surface area contributed by atoms with Gasteiger partial charge in [-0.15, -0.1) is 0 Å². The smallest absolute Gasteiger partial charge is 0.00966 e. The van der Waals surface area contributed by atoms with Crippen LogP contribution in [0.3, 0.4) is 0 Å². The minimum atomic E-state index is 0.447. The maximum absolute atomic E-state index is 4.61. The second kappa shape index (κ2) is 7.04. The van der Waals surface area contributed by atoms with Gasteiger partial charge in [0.05, 0.1) is 0 Å². The summed E-state index contributed by atoms with van der Waals surface area (Å²) in [5.74, 6) is 1.86. The third-order valence-electron chi connectivity index (χ3n) is 4.43. The predicted molar refractivity (Wildman–Crippen MR) is 80.9 cm³/mol. The van der Waals surface area contributed by atoms with Crippen LogP contribution in [0.5, 0.6) is 0 Å². The maximum Gasteiger partial charge on any atom is 0.00966 e. The second-order valence-corrected chi connectivity index (χ2v) is 6.57. The summed E-state index contributed by atoms with van der Waals surface area (Å²) in [6, 6.07) is 0.895. The summed E-state index contributed by atoms with van der Waals surface area (Å²) in [6.07, 6.45) is 6.71. The molecule has 2 heteroatoms. The van der Waals surface area contributed by atoms with E-state index in [2.05, 4.69) is 45.2 Å². The Morgan fingerprint density at radius 3 is 2.18 bits per heavy atom. The summed E-state index contributed by atoms with van der Waals surface area (Å²) in [6.45, 7) is 11.9. The third-order valence-corrected chi connectivity index (χ3v) is 5.10.